The number of nitrogen functional groups attached to an aromatic ring is 1. The maximum atomic E-state index is 5.65. The van der Waals surface area contributed by atoms with E-state index in [1.807, 2.05) is 0 Å². The van der Waals surface area contributed by atoms with E-state index >= 15 is 0 Å². The number of nitrogens with two attached hydrogens (primary N) is 1. The van der Waals surface area contributed by atoms with Gasteiger partial charge in [-0.2, -0.15) is 0 Å². The molecule has 0 aliphatic rings. The molecule has 0 aromatic carbocycles. The van der Waals surface area contributed by atoms with Gasteiger partial charge in [-0.3, -0.25) is 0 Å². The molecule has 0 radical (unpaired) electrons. The molecule has 0 aliphatic carbocycles. The molecule has 15 heavy (non-hydrogen) atoms. The van der Waals surface area contributed by atoms with Crippen LogP contribution in [0.4, 0.5) is 5.82 Å². The van der Waals surface area contributed by atoms with Gasteiger partial charge in [0.25, 0.3) is 0 Å². The van der Waals surface area contributed by atoms with Gasteiger partial charge < -0.3 is 5.73 Å². The second-order valence-corrected chi connectivity index (χ2v) is 2.89. The highest BCUT2D eigenvalue weighted by Crippen LogP contribution is 2.14. The predicted molar refractivity (Wildman–Crippen MR) is 52.6 cm³/mol. The van der Waals surface area contributed by atoms with Crippen LogP contribution in [0, 0.1) is 0 Å². The van der Waals surface area contributed by atoms with Crippen molar-refractivity contribution in [3.05, 3.63) is 18.9 Å². The van der Waals surface area contributed by atoms with Crippen LogP contribution in [0.1, 0.15) is 0 Å². The zero-order valence-electron chi connectivity index (χ0n) is 7.49. The van der Waals surface area contributed by atoms with Gasteiger partial charge >= 0.3 is 0 Å². The van der Waals surface area contributed by atoms with Crippen molar-refractivity contribution in [3.63, 3.8) is 0 Å². The molecule has 72 valence electrons. The van der Waals surface area contributed by atoms with E-state index in [2.05, 4.69) is 29.9 Å². The molecule has 0 atom stereocenters. The summed E-state index contributed by atoms with van der Waals surface area (Å²) < 4.78 is 0. The number of fused-ring (bicyclic) bond motifs is 2. The molecule has 2 N–H and O–H groups in total. The quantitative estimate of drug-likeness (QED) is 0.506. The Morgan fingerprint density at radius 2 is 1.80 bits per heavy atom. The number of nitrogens with zero attached hydrogens (tertiary/aromatic N) is 6. The fourth-order valence-electron chi connectivity index (χ4n) is 1.27. The van der Waals surface area contributed by atoms with Crippen LogP contribution in [0.15, 0.2) is 18.9 Å². The highest BCUT2D eigenvalue weighted by Gasteiger charge is 2.06. The molecule has 0 bridgehead atoms. The largest absolute Gasteiger partial charge is 0.382 e. The summed E-state index contributed by atoms with van der Waals surface area (Å²) >= 11 is 0. The van der Waals surface area contributed by atoms with E-state index in [1.54, 1.807) is 6.20 Å². The maximum Gasteiger partial charge on any atom is 0.185 e. The van der Waals surface area contributed by atoms with E-state index in [4.69, 9.17) is 5.73 Å². The molecule has 3 heterocycles. The second-order valence-electron chi connectivity index (χ2n) is 2.89. The van der Waals surface area contributed by atoms with Gasteiger partial charge in [-0.25, -0.2) is 29.9 Å². The zero-order chi connectivity index (χ0) is 10.3. The van der Waals surface area contributed by atoms with Crippen LogP contribution in [0.3, 0.4) is 0 Å². The van der Waals surface area contributed by atoms with Crippen LogP contribution in [0.2, 0.25) is 0 Å². The maximum absolute atomic E-state index is 5.65. The number of anilines is 1. The van der Waals surface area contributed by atoms with Crippen molar-refractivity contribution in [1.29, 1.82) is 0 Å². The second kappa shape index (κ2) is 2.77. The summed E-state index contributed by atoms with van der Waals surface area (Å²) in [6.45, 7) is 0. The Balaban J connectivity index is 2.53. The van der Waals surface area contributed by atoms with E-state index in [0.717, 1.165) is 0 Å². The first kappa shape index (κ1) is 7.92. The minimum atomic E-state index is 0.304. The SMILES string of the molecule is Nc1ncnc2nc3ncncc3nc12. The Morgan fingerprint density at radius 1 is 0.933 bits per heavy atom. The molecular formula is C8H5N7. The predicted octanol–water partition coefficient (Wildman–Crippen LogP) is -0.0548. The summed E-state index contributed by atoms with van der Waals surface area (Å²) in [4.78, 5) is 24.1. The number of hydrogen-bond acceptors (Lipinski definition) is 7. The lowest BCUT2D eigenvalue weighted by atomic mass is 10.4. The van der Waals surface area contributed by atoms with E-state index in [0.29, 0.717) is 28.1 Å². The van der Waals surface area contributed by atoms with Gasteiger partial charge in [-0.1, -0.05) is 0 Å². The lowest BCUT2D eigenvalue weighted by molar-refractivity contribution is 1.13. The molecule has 0 amide bonds. The first-order chi connectivity index (χ1) is 7.34. The van der Waals surface area contributed by atoms with Crippen molar-refractivity contribution in [2.75, 3.05) is 5.73 Å². The Labute approximate surface area is 83.5 Å². The normalized spacial score (nSPS) is 10.9. The zero-order valence-corrected chi connectivity index (χ0v) is 7.49. The van der Waals surface area contributed by atoms with Crippen molar-refractivity contribution in [1.82, 2.24) is 29.9 Å². The summed E-state index contributed by atoms with van der Waals surface area (Å²) in [5.41, 5.74) is 7.63. The molecule has 0 aliphatic heterocycles. The average Bonchev–Trinajstić information content (AvgIpc) is 2.27. The van der Waals surface area contributed by atoms with Gasteiger partial charge in [0.1, 0.15) is 18.2 Å². The van der Waals surface area contributed by atoms with E-state index in [-0.39, 0.29) is 0 Å². The molecule has 0 fully saturated rings. The molecule has 0 saturated carbocycles. The van der Waals surface area contributed by atoms with Gasteiger partial charge in [-0.15, -0.1) is 0 Å². The Hall–Kier alpha value is -2.44. The molecule has 0 spiro atoms. The Morgan fingerprint density at radius 3 is 2.73 bits per heavy atom. The fourth-order valence-corrected chi connectivity index (χ4v) is 1.27. The van der Waals surface area contributed by atoms with Crippen LogP contribution in [0.25, 0.3) is 22.3 Å². The van der Waals surface area contributed by atoms with Crippen LogP contribution >= 0.6 is 0 Å². The van der Waals surface area contributed by atoms with Gasteiger partial charge in [0.05, 0.1) is 6.20 Å². The molecule has 0 saturated heterocycles. The van der Waals surface area contributed by atoms with Crippen molar-refractivity contribution < 1.29 is 0 Å². The van der Waals surface area contributed by atoms with Gasteiger partial charge in [-0.05, 0) is 0 Å². The van der Waals surface area contributed by atoms with Crippen LogP contribution in [-0.4, -0.2) is 29.9 Å². The van der Waals surface area contributed by atoms with Gasteiger partial charge in [0.15, 0.2) is 22.6 Å². The fraction of sp³-hybridized carbons (Fsp3) is 0. The minimum absolute atomic E-state index is 0.304. The third-order valence-corrected chi connectivity index (χ3v) is 1.95. The summed E-state index contributed by atoms with van der Waals surface area (Å²) in [6, 6.07) is 0. The van der Waals surface area contributed by atoms with Crippen LogP contribution in [0.5, 0.6) is 0 Å². The smallest absolute Gasteiger partial charge is 0.185 e. The van der Waals surface area contributed by atoms with Gasteiger partial charge in [0, 0.05) is 0 Å². The molecule has 3 aromatic heterocycles. The number of rotatable bonds is 0. The van der Waals surface area contributed by atoms with Crippen molar-refractivity contribution in [2.45, 2.75) is 0 Å². The van der Waals surface area contributed by atoms with Crippen molar-refractivity contribution >= 4 is 28.1 Å². The molecule has 0 unspecified atom stereocenters. The van der Waals surface area contributed by atoms with Crippen LogP contribution < -0.4 is 5.73 Å². The van der Waals surface area contributed by atoms with Crippen molar-refractivity contribution in [3.8, 4) is 0 Å². The summed E-state index contributed by atoms with van der Waals surface area (Å²) in [7, 11) is 0. The van der Waals surface area contributed by atoms with E-state index in [9.17, 15) is 0 Å². The first-order valence-electron chi connectivity index (χ1n) is 4.18. The first-order valence-corrected chi connectivity index (χ1v) is 4.18. The summed E-state index contributed by atoms with van der Waals surface area (Å²) in [5.74, 6) is 0.304. The molecule has 3 rings (SSSR count). The molecule has 3 aromatic rings. The lowest BCUT2D eigenvalue weighted by Gasteiger charge is -1.99. The Kier molecular flexibility index (Phi) is 1.46. The molecular weight excluding hydrogens is 194 g/mol. The third-order valence-electron chi connectivity index (χ3n) is 1.95. The van der Waals surface area contributed by atoms with E-state index in [1.165, 1.54) is 12.7 Å². The molecule has 7 nitrogen and oxygen atoms in total. The minimum Gasteiger partial charge on any atom is -0.382 e. The summed E-state index contributed by atoms with van der Waals surface area (Å²) in [6.07, 6.45) is 4.33. The lowest BCUT2D eigenvalue weighted by Crippen LogP contribution is -1.98. The summed E-state index contributed by atoms with van der Waals surface area (Å²) in [5, 5.41) is 0. The third kappa shape index (κ3) is 1.13. The standard InChI is InChI=1S/C8H5N7/c9-6-5-8(13-3-11-6)15-7-4(14-5)1-10-2-12-7/h1-3H,(H2,9,10,11,12,13,15). The number of hydrogen-bond donors (Lipinski definition) is 1. The Bertz CT molecular complexity index is 651. The monoisotopic (exact) mass is 199 g/mol. The average molecular weight is 199 g/mol. The number of aromatic nitrogens is 6. The molecule has 7 heteroatoms. The van der Waals surface area contributed by atoms with Crippen LogP contribution in [-0.2, 0) is 0 Å². The van der Waals surface area contributed by atoms with E-state index < -0.39 is 0 Å². The van der Waals surface area contributed by atoms with Gasteiger partial charge in [0.2, 0.25) is 0 Å². The highest BCUT2D eigenvalue weighted by atomic mass is 15.0. The topological polar surface area (TPSA) is 103 Å². The highest BCUT2D eigenvalue weighted by molar-refractivity contribution is 5.87. The van der Waals surface area contributed by atoms with Crippen molar-refractivity contribution in [2.24, 2.45) is 0 Å².